The van der Waals surface area contributed by atoms with Gasteiger partial charge in [0.1, 0.15) is 11.3 Å². The summed E-state index contributed by atoms with van der Waals surface area (Å²) in [5.41, 5.74) is 2.13. The van der Waals surface area contributed by atoms with Gasteiger partial charge in [-0.05, 0) is 37.0 Å². The second-order valence-electron chi connectivity index (χ2n) is 5.24. The summed E-state index contributed by atoms with van der Waals surface area (Å²) >= 11 is 0. The Hall–Kier alpha value is -2.56. The van der Waals surface area contributed by atoms with E-state index in [4.69, 9.17) is 9.15 Å². The zero-order valence-electron chi connectivity index (χ0n) is 12.2. The fraction of sp³-hybridized carbons (Fsp3) is 0.294. The monoisotopic (exact) mass is 299 g/mol. The van der Waals surface area contributed by atoms with E-state index in [1.54, 1.807) is 18.2 Å². The maximum atomic E-state index is 11.9. The van der Waals surface area contributed by atoms with E-state index in [0.717, 1.165) is 35.8 Å². The molecule has 1 heterocycles. The summed E-state index contributed by atoms with van der Waals surface area (Å²) in [6.07, 6.45) is 4.28. The number of aryl methyl sites for hydroxylation is 1. The Kier molecular flexibility index (Phi) is 3.96. The molecule has 1 aliphatic rings. The second-order valence-corrected chi connectivity index (χ2v) is 5.24. The highest BCUT2D eigenvalue weighted by molar-refractivity contribution is 5.83. The van der Waals surface area contributed by atoms with Crippen LogP contribution in [0.1, 0.15) is 17.5 Å². The van der Waals surface area contributed by atoms with Gasteiger partial charge in [-0.25, -0.2) is 4.79 Å². The third-order valence-electron chi connectivity index (χ3n) is 3.76. The van der Waals surface area contributed by atoms with E-state index >= 15 is 0 Å². The lowest BCUT2D eigenvalue weighted by Crippen LogP contribution is -2.28. The third kappa shape index (κ3) is 2.74. The molecule has 5 heteroatoms. The van der Waals surface area contributed by atoms with Crippen LogP contribution in [0.2, 0.25) is 0 Å². The van der Waals surface area contributed by atoms with E-state index in [0.29, 0.717) is 17.9 Å². The number of rotatable bonds is 5. The van der Waals surface area contributed by atoms with Gasteiger partial charge in [0.25, 0.3) is 5.91 Å². The first-order valence-corrected chi connectivity index (χ1v) is 7.28. The van der Waals surface area contributed by atoms with Crippen LogP contribution in [0.5, 0.6) is 5.75 Å². The number of fused-ring (bicyclic) bond motifs is 3. The standard InChI is InChI=1S/C17H17NO4/c1-2-8-18-16(19)10-21-11-6-7-13-12-4-3-5-14(12)17(20)22-15(13)9-11/h2,6-7,9H,1,3-5,8,10H2,(H,18,19). The molecule has 0 spiro atoms. The van der Waals surface area contributed by atoms with Gasteiger partial charge in [-0.3, -0.25) is 4.79 Å². The molecule has 1 N–H and O–H groups in total. The highest BCUT2D eigenvalue weighted by Gasteiger charge is 2.19. The number of ether oxygens (including phenoxy) is 1. The number of hydrogen-bond donors (Lipinski definition) is 1. The maximum absolute atomic E-state index is 11.9. The molecular formula is C17H17NO4. The van der Waals surface area contributed by atoms with E-state index < -0.39 is 0 Å². The third-order valence-corrected chi connectivity index (χ3v) is 3.76. The normalized spacial score (nSPS) is 12.9. The van der Waals surface area contributed by atoms with Gasteiger partial charge in [-0.15, -0.1) is 6.58 Å². The largest absolute Gasteiger partial charge is 0.484 e. The van der Waals surface area contributed by atoms with Crippen molar-refractivity contribution in [1.29, 1.82) is 0 Å². The first kappa shape index (κ1) is 14.4. The van der Waals surface area contributed by atoms with E-state index in [1.807, 2.05) is 6.07 Å². The first-order valence-electron chi connectivity index (χ1n) is 7.28. The molecule has 0 saturated heterocycles. The van der Waals surface area contributed by atoms with Crippen LogP contribution in [-0.4, -0.2) is 19.1 Å². The summed E-state index contributed by atoms with van der Waals surface area (Å²) < 4.78 is 10.8. The van der Waals surface area contributed by atoms with E-state index in [-0.39, 0.29) is 18.1 Å². The van der Waals surface area contributed by atoms with Gasteiger partial charge in [-0.1, -0.05) is 6.08 Å². The molecule has 1 aromatic heterocycles. The molecule has 0 radical (unpaired) electrons. The van der Waals surface area contributed by atoms with Crippen LogP contribution in [0.4, 0.5) is 0 Å². The minimum atomic E-state index is -0.263. The Bertz CT molecular complexity index is 791. The molecule has 114 valence electrons. The molecule has 0 fully saturated rings. The molecule has 1 aromatic carbocycles. The average molecular weight is 299 g/mol. The Morgan fingerprint density at radius 3 is 3.00 bits per heavy atom. The summed E-state index contributed by atoms with van der Waals surface area (Å²) in [7, 11) is 0. The Morgan fingerprint density at radius 1 is 1.36 bits per heavy atom. The number of carbonyl (C=O) groups is 1. The summed E-state index contributed by atoms with van der Waals surface area (Å²) in [6, 6.07) is 5.34. The molecule has 0 bridgehead atoms. The van der Waals surface area contributed by atoms with E-state index in [9.17, 15) is 9.59 Å². The summed E-state index contributed by atoms with van der Waals surface area (Å²) in [6.45, 7) is 3.84. The van der Waals surface area contributed by atoms with Crippen molar-refractivity contribution in [2.24, 2.45) is 0 Å². The van der Waals surface area contributed by atoms with Crippen LogP contribution >= 0.6 is 0 Å². The molecule has 3 rings (SSSR count). The second kappa shape index (κ2) is 6.05. The number of carbonyl (C=O) groups excluding carboxylic acids is 1. The zero-order chi connectivity index (χ0) is 15.5. The van der Waals surface area contributed by atoms with Gasteiger partial charge < -0.3 is 14.5 Å². The van der Waals surface area contributed by atoms with Crippen LogP contribution in [0.25, 0.3) is 11.0 Å². The maximum Gasteiger partial charge on any atom is 0.339 e. The Morgan fingerprint density at radius 2 is 2.18 bits per heavy atom. The van der Waals surface area contributed by atoms with Crippen molar-refractivity contribution < 1.29 is 13.9 Å². The first-order chi connectivity index (χ1) is 10.7. The van der Waals surface area contributed by atoms with Crippen molar-refractivity contribution in [3.8, 4) is 5.75 Å². The predicted molar refractivity (Wildman–Crippen MR) is 83.2 cm³/mol. The summed E-state index contributed by atoms with van der Waals surface area (Å²) in [4.78, 5) is 23.4. The Labute approximate surface area is 127 Å². The Balaban J connectivity index is 1.82. The molecule has 0 atom stereocenters. The molecule has 1 amide bonds. The molecule has 0 saturated carbocycles. The van der Waals surface area contributed by atoms with Crippen molar-refractivity contribution in [1.82, 2.24) is 5.32 Å². The lowest BCUT2D eigenvalue weighted by molar-refractivity contribution is -0.122. The molecule has 0 aliphatic heterocycles. The van der Waals surface area contributed by atoms with Crippen molar-refractivity contribution >= 4 is 16.9 Å². The van der Waals surface area contributed by atoms with Crippen molar-refractivity contribution in [3.05, 3.63) is 52.4 Å². The highest BCUT2D eigenvalue weighted by atomic mass is 16.5. The molecule has 0 unspecified atom stereocenters. The van der Waals surface area contributed by atoms with Gasteiger partial charge in [0.2, 0.25) is 0 Å². The minimum absolute atomic E-state index is 0.0888. The molecule has 1 aliphatic carbocycles. The van der Waals surface area contributed by atoms with Crippen LogP contribution in [0.15, 0.2) is 40.1 Å². The van der Waals surface area contributed by atoms with Crippen LogP contribution < -0.4 is 15.7 Å². The highest BCUT2D eigenvalue weighted by Crippen LogP contribution is 2.29. The summed E-state index contributed by atoms with van der Waals surface area (Å²) in [5, 5.41) is 3.58. The SMILES string of the molecule is C=CCNC(=O)COc1ccc2c3c(c(=O)oc2c1)CCC3. The molecule has 5 nitrogen and oxygen atoms in total. The molecule has 22 heavy (non-hydrogen) atoms. The number of benzene rings is 1. The van der Waals surface area contributed by atoms with Crippen LogP contribution in [0, 0.1) is 0 Å². The quantitative estimate of drug-likeness (QED) is 0.677. The lowest BCUT2D eigenvalue weighted by atomic mass is 10.1. The van der Waals surface area contributed by atoms with Crippen LogP contribution in [-0.2, 0) is 17.6 Å². The van der Waals surface area contributed by atoms with Gasteiger partial charge in [0.05, 0.1) is 0 Å². The lowest BCUT2D eigenvalue weighted by Gasteiger charge is -2.08. The number of nitrogens with one attached hydrogen (secondary N) is 1. The average Bonchev–Trinajstić information content (AvgIpc) is 3.01. The van der Waals surface area contributed by atoms with Crippen molar-refractivity contribution in [3.63, 3.8) is 0 Å². The summed E-state index contributed by atoms with van der Waals surface area (Å²) in [5.74, 6) is 0.276. The van der Waals surface area contributed by atoms with Gasteiger partial charge in [-0.2, -0.15) is 0 Å². The van der Waals surface area contributed by atoms with E-state index in [1.165, 1.54) is 0 Å². The fourth-order valence-electron chi connectivity index (χ4n) is 2.74. The van der Waals surface area contributed by atoms with Gasteiger partial charge in [0.15, 0.2) is 6.61 Å². The van der Waals surface area contributed by atoms with Gasteiger partial charge >= 0.3 is 5.63 Å². The van der Waals surface area contributed by atoms with E-state index in [2.05, 4.69) is 11.9 Å². The smallest absolute Gasteiger partial charge is 0.339 e. The van der Waals surface area contributed by atoms with Crippen molar-refractivity contribution in [2.75, 3.05) is 13.2 Å². The zero-order valence-corrected chi connectivity index (χ0v) is 12.2. The predicted octanol–water partition coefficient (Wildman–Crippen LogP) is 1.96. The topological polar surface area (TPSA) is 68.5 Å². The number of amides is 1. The van der Waals surface area contributed by atoms with Crippen molar-refractivity contribution in [2.45, 2.75) is 19.3 Å². The minimum Gasteiger partial charge on any atom is -0.484 e. The van der Waals surface area contributed by atoms with Crippen LogP contribution in [0.3, 0.4) is 0 Å². The molecular weight excluding hydrogens is 282 g/mol. The molecule has 2 aromatic rings. The van der Waals surface area contributed by atoms with Gasteiger partial charge in [0, 0.05) is 23.6 Å². The number of hydrogen-bond acceptors (Lipinski definition) is 4. The fourth-order valence-corrected chi connectivity index (χ4v) is 2.74.